The largest absolute Gasteiger partial charge is 0.409 e. The van der Waals surface area contributed by atoms with Gasteiger partial charge in [0.25, 0.3) is 0 Å². The molecule has 1 atom stereocenters. The summed E-state index contributed by atoms with van der Waals surface area (Å²) >= 11 is 0. The molecule has 88 valence electrons. The van der Waals surface area contributed by atoms with Gasteiger partial charge in [0.2, 0.25) is 10.0 Å². The molecule has 0 radical (unpaired) electrons. The number of rotatable bonds is 4. The van der Waals surface area contributed by atoms with Gasteiger partial charge in [0.05, 0.1) is 10.9 Å². The molecule has 0 saturated heterocycles. The minimum Gasteiger partial charge on any atom is -0.409 e. The zero-order chi connectivity index (χ0) is 12.2. The minimum absolute atomic E-state index is 0.132. The topological polar surface area (TPSA) is 105 Å². The lowest BCUT2D eigenvalue weighted by atomic mass is 10.3. The number of sulfonamides is 1. The summed E-state index contributed by atoms with van der Waals surface area (Å²) in [5.74, 6) is -0.195. The van der Waals surface area contributed by atoms with Crippen LogP contribution in [0.5, 0.6) is 0 Å². The second kappa shape index (κ2) is 4.95. The van der Waals surface area contributed by atoms with E-state index in [1.54, 1.807) is 18.2 Å². The van der Waals surface area contributed by atoms with E-state index in [0.717, 1.165) is 0 Å². The van der Waals surface area contributed by atoms with Gasteiger partial charge in [-0.1, -0.05) is 23.4 Å². The maximum atomic E-state index is 11.8. The number of nitrogens with zero attached hydrogens (tertiary/aromatic N) is 1. The molecule has 4 N–H and O–H groups in total. The predicted molar refractivity (Wildman–Crippen MR) is 59.6 cm³/mol. The fourth-order valence-corrected chi connectivity index (χ4v) is 2.29. The van der Waals surface area contributed by atoms with Crippen LogP contribution in [0, 0.1) is 0 Å². The Labute approximate surface area is 93.8 Å². The van der Waals surface area contributed by atoms with E-state index in [1.807, 2.05) is 0 Å². The molecule has 7 heteroatoms. The molecule has 0 heterocycles. The van der Waals surface area contributed by atoms with E-state index in [1.165, 1.54) is 19.1 Å². The van der Waals surface area contributed by atoms with Crippen molar-refractivity contribution in [2.24, 2.45) is 10.9 Å². The van der Waals surface area contributed by atoms with E-state index in [0.29, 0.717) is 0 Å². The fraction of sp³-hybridized carbons (Fsp3) is 0.222. The zero-order valence-electron chi connectivity index (χ0n) is 8.66. The van der Waals surface area contributed by atoms with Crippen molar-refractivity contribution >= 4 is 15.9 Å². The van der Waals surface area contributed by atoms with Crippen LogP contribution in [-0.4, -0.2) is 25.5 Å². The second-order valence-corrected chi connectivity index (χ2v) is 4.89. The van der Waals surface area contributed by atoms with Crippen molar-refractivity contribution in [3.05, 3.63) is 30.3 Å². The molecule has 16 heavy (non-hydrogen) atoms. The number of hydrogen-bond acceptors (Lipinski definition) is 4. The number of hydrogen-bond donors (Lipinski definition) is 3. The first-order valence-electron chi connectivity index (χ1n) is 4.52. The molecule has 0 amide bonds. The summed E-state index contributed by atoms with van der Waals surface area (Å²) in [6.07, 6.45) is 0. The van der Waals surface area contributed by atoms with Crippen molar-refractivity contribution in [1.29, 1.82) is 0 Å². The van der Waals surface area contributed by atoms with Gasteiger partial charge < -0.3 is 10.9 Å². The molecule has 0 fully saturated rings. The standard InChI is InChI=1S/C9H13N3O3S/c1-7(9(10)11-13)12-16(14,15)8-5-3-2-4-6-8/h2-7,12-13H,1H3,(H2,10,11). The first kappa shape index (κ1) is 12.5. The van der Waals surface area contributed by atoms with Crippen molar-refractivity contribution in [3.63, 3.8) is 0 Å². The summed E-state index contributed by atoms with van der Waals surface area (Å²) in [5, 5.41) is 11.1. The molecule has 1 rings (SSSR count). The van der Waals surface area contributed by atoms with Crippen LogP contribution in [0.3, 0.4) is 0 Å². The maximum absolute atomic E-state index is 11.8. The highest BCUT2D eigenvalue weighted by Gasteiger charge is 2.18. The Hall–Kier alpha value is -1.60. The van der Waals surface area contributed by atoms with Crippen LogP contribution < -0.4 is 10.5 Å². The molecule has 1 unspecified atom stereocenters. The van der Waals surface area contributed by atoms with Gasteiger partial charge in [-0.25, -0.2) is 13.1 Å². The van der Waals surface area contributed by atoms with Crippen molar-refractivity contribution in [2.75, 3.05) is 0 Å². The van der Waals surface area contributed by atoms with Crippen LogP contribution >= 0.6 is 0 Å². The van der Waals surface area contributed by atoms with Gasteiger partial charge in [-0.2, -0.15) is 0 Å². The lowest BCUT2D eigenvalue weighted by molar-refractivity contribution is 0.316. The van der Waals surface area contributed by atoms with Gasteiger partial charge in [0.1, 0.15) is 0 Å². The number of nitrogens with one attached hydrogen (secondary N) is 1. The van der Waals surface area contributed by atoms with Crippen LogP contribution in [0.2, 0.25) is 0 Å². The van der Waals surface area contributed by atoms with Gasteiger partial charge in [-0.05, 0) is 19.1 Å². The molecule has 6 nitrogen and oxygen atoms in total. The molecule has 1 aromatic rings. The van der Waals surface area contributed by atoms with E-state index in [4.69, 9.17) is 10.9 Å². The van der Waals surface area contributed by atoms with E-state index in [-0.39, 0.29) is 10.7 Å². The summed E-state index contributed by atoms with van der Waals surface area (Å²) in [4.78, 5) is 0.132. The van der Waals surface area contributed by atoms with E-state index >= 15 is 0 Å². The molecule has 0 spiro atoms. The first-order valence-corrected chi connectivity index (χ1v) is 6.00. The molecule has 0 saturated carbocycles. The van der Waals surface area contributed by atoms with Gasteiger partial charge in [-0.3, -0.25) is 0 Å². The molecule has 0 aliphatic heterocycles. The number of oxime groups is 1. The quantitative estimate of drug-likeness (QED) is 0.302. The Morgan fingerprint density at radius 3 is 2.50 bits per heavy atom. The van der Waals surface area contributed by atoms with Crippen LogP contribution in [0.25, 0.3) is 0 Å². The Bertz CT molecular complexity index is 470. The van der Waals surface area contributed by atoms with E-state index in [9.17, 15) is 8.42 Å². The Morgan fingerprint density at radius 2 is 2.00 bits per heavy atom. The SMILES string of the molecule is CC(NS(=O)(=O)c1ccccc1)/C(N)=N/O. The van der Waals surface area contributed by atoms with E-state index < -0.39 is 16.1 Å². The van der Waals surface area contributed by atoms with Gasteiger partial charge in [0, 0.05) is 0 Å². The molecule has 1 aromatic carbocycles. The second-order valence-electron chi connectivity index (χ2n) is 3.18. The van der Waals surface area contributed by atoms with Crippen molar-refractivity contribution in [2.45, 2.75) is 17.9 Å². The van der Waals surface area contributed by atoms with Crippen LogP contribution in [0.15, 0.2) is 40.4 Å². The molecule has 0 aliphatic rings. The van der Waals surface area contributed by atoms with E-state index in [2.05, 4.69) is 9.88 Å². The highest BCUT2D eigenvalue weighted by atomic mass is 32.2. The average molecular weight is 243 g/mol. The monoisotopic (exact) mass is 243 g/mol. The average Bonchev–Trinajstić information content (AvgIpc) is 2.28. The molecular formula is C9H13N3O3S. The minimum atomic E-state index is -3.64. The van der Waals surface area contributed by atoms with Crippen LogP contribution in [0.1, 0.15) is 6.92 Å². The highest BCUT2D eigenvalue weighted by Crippen LogP contribution is 2.07. The predicted octanol–water partition coefficient (Wildman–Crippen LogP) is 0.0998. The Morgan fingerprint density at radius 1 is 1.44 bits per heavy atom. The molecule has 0 aliphatic carbocycles. The third-order valence-corrected chi connectivity index (χ3v) is 3.50. The third-order valence-electron chi connectivity index (χ3n) is 1.94. The lowest BCUT2D eigenvalue weighted by Crippen LogP contribution is -2.42. The van der Waals surface area contributed by atoms with Gasteiger partial charge in [-0.15, -0.1) is 0 Å². The fourth-order valence-electron chi connectivity index (χ4n) is 1.05. The number of nitrogens with two attached hydrogens (primary N) is 1. The Kier molecular flexibility index (Phi) is 3.86. The first-order chi connectivity index (χ1) is 7.47. The van der Waals surface area contributed by atoms with Gasteiger partial charge >= 0.3 is 0 Å². The van der Waals surface area contributed by atoms with Crippen molar-refractivity contribution in [3.8, 4) is 0 Å². The lowest BCUT2D eigenvalue weighted by Gasteiger charge is -2.12. The third kappa shape index (κ3) is 2.94. The molecule has 0 bridgehead atoms. The van der Waals surface area contributed by atoms with Crippen molar-refractivity contribution < 1.29 is 13.6 Å². The Balaban J connectivity index is 2.90. The summed E-state index contributed by atoms with van der Waals surface area (Å²) in [6.45, 7) is 1.48. The van der Waals surface area contributed by atoms with Crippen LogP contribution in [0.4, 0.5) is 0 Å². The highest BCUT2D eigenvalue weighted by molar-refractivity contribution is 7.89. The van der Waals surface area contributed by atoms with Gasteiger partial charge in [0.15, 0.2) is 5.84 Å². The van der Waals surface area contributed by atoms with Crippen LogP contribution in [-0.2, 0) is 10.0 Å². The van der Waals surface area contributed by atoms with Crippen molar-refractivity contribution in [1.82, 2.24) is 4.72 Å². The summed E-state index contributed by atoms with van der Waals surface area (Å²) in [7, 11) is -3.64. The molecular weight excluding hydrogens is 230 g/mol. The normalized spacial score (nSPS) is 14.7. The number of benzene rings is 1. The summed E-state index contributed by atoms with van der Waals surface area (Å²) in [6, 6.07) is 7.09. The maximum Gasteiger partial charge on any atom is 0.241 e. The number of amidine groups is 1. The summed E-state index contributed by atoms with van der Waals surface area (Å²) in [5.41, 5.74) is 5.27. The smallest absolute Gasteiger partial charge is 0.241 e. The summed E-state index contributed by atoms with van der Waals surface area (Å²) < 4.78 is 25.8. The molecule has 0 aromatic heterocycles. The zero-order valence-corrected chi connectivity index (χ0v) is 9.48.